The van der Waals surface area contributed by atoms with Gasteiger partial charge in [-0.3, -0.25) is 0 Å². The Morgan fingerprint density at radius 2 is 2.05 bits per heavy atom. The molecule has 1 unspecified atom stereocenters. The number of halogens is 2. The van der Waals surface area contributed by atoms with Crippen molar-refractivity contribution >= 4 is 11.6 Å². The lowest BCUT2D eigenvalue weighted by atomic mass is 9.95. The Balaban J connectivity index is 2.08. The van der Waals surface area contributed by atoms with E-state index < -0.39 is 6.04 Å². The fourth-order valence-electron chi connectivity index (χ4n) is 2.65. The highest BCUT2D eigenvalue weighted by Gasteiger charge is 2.22. The summed E-state index contributed by atoms with van der Waals surface area (Å²) in [6.45, 7) is 2.48. The quantitative estimate of drug-likeness (QED) is 0.914. The summed E-state index contributed by atoms with van der Waals surface area (Å²) in [5, 5.41) is 0.632. The number of hydrogen-bond donors (Lipinski definition) is 1. The van der Waals surface area contributed by atoms with Crippen LogP contribution >= 0.6 is 11.6 Å². The van der Waals surface area contributed by atoms with E-state index in [1.807, 2.05) is 19.1 Å². The number of fused-ring (bicyclic) bond motifs is 1. The summed E-state index contributed by atoms with van der Waals surface area (Å²) in [6.07, 6.45) is 0.831. The van der Waals surface area contributed by atoms with Crippen molar-refractivity contribution in [1.29, 1.82) is 0 Å². The van der Waals surface area contributed by atoms with E-state index >= 15 is 0 Å². The van der Waals surface area contributed by atoms with Gasteiger partial charge in [-0.2, -0.15) is 0 Å². The molecule has 3 rings (SSSR count). The van der Waals surface area contributed by atoms with Crippen LogP contribution in [-0.4, -0.2) is 6.61 Å². The highest BCUT2D eigenvalue weighted by atomic mass is 35.5. The number of hydrogen-bond acceptors (Lipinski definition) is 2. The van der Waals surface area contributed by atoms with E-state index in [9.17, 15) is 4.39 Å². The Bertz CT molecular complexity index is 652. The van der Waals surface area contributed by atoms with Gasteiger partial charge < -0.3 is 10.5 Å². The minimum atomic E-state index is -0.449. The van der Waals surface area contributed by atoms with E-state index in [-0.39, 0.29) is 5.82 Å². The molecule has 1 aliphatic rings. The second kappa shape index (κ2) is 5.08. The molecule has 0 amide bonds. The van der Waals surface area contributed by atoms with Gasteiger partial charge in [0.1, 0.15) is 11.6 Å². The second-order valence-corrected chi connectivity index (χ2v) is 5.56. The predicted molar refractivity (Wildman–Crippen MR) is 77.8 cm³/mol. The van der Waals surface area contributed by atoms with Gasteiger partial charge in [0.15, 0.2) is 0 Å². The van der Waals surface area contributed by atoms with Crippen LogP contribution in [0.2, 0.25) is 5.02 Å². The average molecular weight is 292 g/mol. The first kappa shape index (κ1) is 13.4. The second-order valence-electron chi connectivity index (χ2n) is 5.12. The lowest BCUT2D eigenvalue weighted by Crippen LogP contribution is -2.13. The van der Waals surface area contributed by atoms with E-state index in [1.54, 1.807) is 6.07 Å². The van der Waals surface area contributed by atoms with Crippen LogP contribution < -0.4 is 10.5 Å². The van der Waals surface area contributed by atoms with Crippen molar-refractivity contribution in [2.45, 2.75) is 19.4 Å². The van der Waals surface area contributed by atoms with Crippen molar-refractivity contribution < 1.29 is 9.13 Å². The van der Waals surface area contributed by atoms with Gasteiger partial charge in [0.05, 0.1) is 12.6 Å². The molecule has 0 bridgehead atoms. The van der Waals surface area contributed by atoms with Gasteiger partial charge in [0.25, 0.3) is 0 Å². The molecule has 0 spiro atoms. The lowest BCUT2D eigenvalue weighted by Gasteiger charge is -2.17. The maximum Gasteiger partial charge on any atom is 0.127 e. The summed E-state index contributed by atoms with van der Waals surface area (Å²) < 4.78 is 19.2. The van der Waals surface area contributed by atoms with Gasteiger partial charge in [-0.05, 0) is 47.9 Å². The molecular formula is C16H15ClFNO. The zero-order valence-corrected chi connectivity index (χ0v) is 11.9. The fourth-order valence-corrected chi connectivity index (χ4v) is 2.90. The maximum atomic E-state index is 13.5. The van der Waals surface area contributed by atoms with Crippen LogP contribution in [0, 0.1) is 12.7 Å². The summed E-state index contributed by atoms with van der Waals surface area (Å²) in [5.41, 5.74) is 9.74. The standard InChI is InChI=1S/C16H15ClFNO/c1-9-4-11(7-13(18)5-9)15(19)14-8-12(17)6-10-2-3-20-16(10)14/h4-8,15H,2-3,19H2,1H3. The Hall–Kier alpha value is -1.58. The number of rotatable bonds is 2. The molecule has 0 aromatic heterocycles. The van der Waals surface area contributed by atoms with Gasteiger partial charge in [-0.25, -0.2) is 4.39 Å². The van der Waals surface area contributed by atoms with E-state index in [0.717, 1.165) is 34.4 Å². The number of ether oxygens (including phenoxy) is 1. The third kappa shape index (κ3) is 2.39. The first-order valence-electron chi connectivity index (χ1n) is 6.52. The molecule has 0 saturated heterocycles. The fraction of sp³-hybridized carbons (Fsp3) is 0.250. The molecule has 0 saturated carbocycles. The third-order valence-electron chi connectivity index (χ3n) is 3.54. The van der Waals surface area contributed by atoms with Gasteiger partial charge in [0, 0.05) is 17.0 Å². The molecule has 0 fully saturated rings. The largest absolute Gasteiger partial charge is 0.493 e. The molecule has 1 atom stereocenters. The van der Waals surface area contributed by atoms with Gasteiger partial charge >= 0.3 is 0 Å². The van der Waals surface area contributed by atoms with Crippen LogP contribution in [0.5, 0.6) is 5.75 Å². The van der Waals surface area contributed by atoms with Crippen molar-refractivity contribution in [3.63, 3.8) is 0 Å². The molecule has 4 heteroatoms. The Morgan fingerprint density at radius 3 is 2.80 bits per heavy atom. The Kier molecular flexibility index (Phi) is 3.40. The smallest absolute Gasteiger partial charge is 0.127 e. The van der Waals surface area contributed by atoms with Crippen LogP contribution in [-0.2, 0) is 6.42 Å². The van der Waals surface area contributed by atoms with Crippen LogP contribution in [0.3, 0.4) is 0 Å². The van der Waals surface area contributed by atoms with Crippen molar-refractivity contribution in [3.05, 3.63) is 63.4 Å². The molecule has 1 aliphatic heterocycles. The molecule has 1 heterocycles. The maximum absolute atomic E-state index is 13.5. The first-order chi connectivity index (χ1) is 9.54. The number of benzene rings is 2. The zero-order valence-electron chi connectivity index (χ0n) is 11.1. The van der Waals surface area contributed by atoms with E-state index in [2.05, 4.69) is 0 Å². The van der Waals surface area contributed by atoms with Crippen molar-refractivity contribution in [2.24, 2.45) is 5.73 Å². The van der Waals surface area contributed by atoms with Crippen LogP contribution in [0.25, 0.3) is 0 Å². The first-order valence-corrected chi connectivity index (χ1v) is 6.90. The summed E-state index contributed by atoms with van der Waals surface area (Å²) in [7, 11) is 0. The highest BCUT2D eigenvalue weighted by molar-refractivity contribution is 6.30. The third-order valence-corrected chi connectivity index (χ3v) is 3.75. The summed E-state index contributed by atoms with van der Waals surface area (Å²) >= 11 is 6.14. The zero-order chi connectivity index (χ0) is 14.3. The molecule has 2 aromatic rings. The summed E-state index contributed by atoms with van der Waals surface area (Å²) in [6, 6.07) is 8.08. The number of aryl methyl sites for hydroxylation is 1. The molecule has 20 heavy (non-hydrogen) atoms. The van der Waals surface area contributed by atoms with E-state index in [4.69, 9.17) is 22.1 Å². The average Bonchev–Trinajstić information content (AvgIpc) is 2.83. The Morgan fingerprint density at radius 1 is 1.25 bits per heavy atom. The van der Waals surface area contributed by atoms with Crippen LogP contribution in [0.4, 0.5) is 4.39 Å². The Labute approximate surface area is 122 Å². The van der Waals surface area contributed by atoms with Gasteiger partial charge in [-0.1, -0.05) is 17.7 Å². The van der Waals surface area contributed by atoms with Crippen molar-refractivity contribution in [3.8, 4) is 5.75 Å². The predicted octanol–water partition coefficient (Wildman–Crippen LogP) is 3.77. The lowest BCUT2D eigenvalue weighted by molar-refractivity contribution is 0.352. The summed E-state index contributed by atoms with van der Waals surface area (Å²) in [5.74, 6) is 0.513. The molecule has 2 N–H and O–H groups in total. The summed E-state index contributed by atoms with van der Waals surface area (Å²) in [4.78, 5) is 0. The molecule has 0 radical (unpaired) electrons. The monoisotopic (exact) mass is 291 g/mol. The molecule has 0 aliphatic carbocycles. The molecule has 2 nitrogen and oxygen atoms in total. The normalized spacial score (nSPS) is 14.8. The van der Waals surface area contributed by atoms with Crippen LogP contribution in [0.1, 0.15) is 28.3 Å². The van der Waals surface area contributed by atoms with E-state index in [1.165, 1.54) is 12.1 Å². The SMILES string of the molecule is Cc1cc(F)cc(C(N)c2cc(Cl)cc3c2OCC3)c1. The molecule has 104 valence electrons. The molecule has 2 aromatic carbocycles. The minimum absolute atomic E-state index is 0.282. The minimum Gasteiger partial charge on any atom is -0.493 e. The highest BCUT2D eigenvalue weighted by Crippen LogP contribution is 2.37. The van der Waals surface area contributed by atoms with Gasteiger partial charge in [-0.15, -0.1) is 0 Å². The number of nitrogens with two attached hydrogens (primary N) is 1. The van der Waals surface area contributed by atoms with E-state index in [0.29, 0.717) is 11.6 Å². The topological polar surface area (TPSA) is 35.2 Å². The van der Waals surface area contributed by atoms with Crippen molar-refractivity contribution in [2.75, 3.05) is 6.61 Å². The van der Waals surface area contributed by atoms with Crippen molar-refractivity contribution in [1.82, 2.24) is 0 Å². The molecular weight excluding hydrogens is 277 g/mol. The van der Waals surface area contributed by atoms with Gasteiger partial charge in [0.2, 0.25) is 0 Å². The van der Waals surface area contributed by atoms with Crippen LogP contribution in [0.15, 0.2) is 30.3 Å².